The number of carbonyl (C=O) groups is 1. The number of rotatable bonds is 4. The van der Waals surface area contributed by atoms with Gasteiger partial charge in [-0.2, -0.15) is 5.10 Å². The van der Waals surface area contributed by atoms with Crippen molar-refractivity contribution in [3.05, 3.63) is 38.4 Å². The zero-order valence-electron chi connectivity index (χ0n) is 10.0. The second-order valence-corrected chi connectivity index (χ2v) is 5.41. The van der Waals surface area contributed by atoms with Gasteiger partial charge in [0, 0.05) is 7.05 Å². The normalized spacial score (nSPS) is 10.9. The minimum atomic E-state index is 0.00183. The molecule has 2 aromatic rings. The summed E-state index contributed by atoms with van der Waals surface area (Å²) in [6.45, 7) is 2.03. The van der Waals surface area contributed by atoms with Gasteiger partial charge < -0.3 is 4.42 Å². The van der Waals surface area contributed by atoms with Crippen LogP contribution in [0.25, 0.3) is 0 Å². The molecule has 0 amide bonds. The lowest BCUT2D eigenvalue weighted by molar-refractivity contribution is 0.0989. The third-order valence-electron chi connectivity index (χ3n) is 2.75. The van der Waals surface area contributed by atoms with Gasteiger partial charge in [-0.25, -0.2) is 0 Å². The number of aryl methyl sites for hydroxylation is 2. The number of nitrogens with zero attached hydrogens (tertiary/aromatic N) is 2. The van der Waals surface area contributed by atoms with E-state index in [2.05, 4.69) is 37.0 Å². The summed E-state index contributed by atoms with van der Waals surface area (Å²) in [5.41, 5.74) is 2.40. The second kappa shape index (κ2) is 5.40. The Morgan fingerprint density at radius 3 is 2.72 bits per heavy atom. The summed E-state index contributed by atoms with van der Waals surface area (Å²) in [5.74, 6) is 0.00183. The molecule has 0 unspecified atom stereocenters. The molecular weight excluding hydrogens is 364 g/mol. The molecule has 0 aromatic carbocycles. The third-order valence-corrected chi connectivity index (χ3v) is 4.28. The fraction of sp³-hybridized carbons (Fsp3) is 0.333. The molecule has 0 spiro atoms. The number of carbonyl (C=O) groups excluding carboxylic acids is 1. The third kappa shape index (κ3) is 2.44. The van der Waals surface area contributed by atoms with Crippen LogP contribution in [0.15, 0.2) is 25.9 Å². The van der Waals surface area contributed by atoms with Crippen molar-refractivity contribution < 1.29 is 9.21 Å². The van der Waals surface area contributed by atoms with Crippen LogP contribution in [0.2, 0.25) is 0 Å². The van der Waals surface area contributed by atoms with Crippen molar-refractivity contribution in [1.29, 1.82) is 0 Å². The van der Waals surface area contributed by atoms with E-state index in [-0.39, 0.29) is 5.78 Å². The lowest BCUT2D eigenvalue weighted by Crippen LogP contribution is -2.08. The summed E-state index contributed by atoms with van der Waals surface area (Å²) in [7, 11) is 1.84. The zero-order chi connectivity index (χ0) is 13.3. The Morgan fingerprint density at radius 2 is 2.22 bits per heavy atom. The molecule has 2 heterocycles. The minimum absolute atomic E-state index is 0.00183. The number of aromatic nitrogens is 2. The van der Waals surface area contributed by atoms with E-state index in [4.69, 9.17) is 4.42 Å². The molecule has 18 heavy (non-hydrogen) atoms. The summed E-state index contributed by atoms with van der Waals surface area (Å²) in [6, 6.07) is 1.66. The Bertz CT molecular complexity index is 587. The molecule has 0 atom stereocenters. The molecule has 4 nitrogen and oxygen atoms in total. The number of hydrogen-bond donors (Lipinski definition) is 0. The Morgan fingerprint density at radius 1 is 1.50 bits per heavy atom. The Labute approximate surface area is 122 Å². The van der Waals surface area contributed by atoms with E-state index in [0.717, 1.165) is 22.3 Å². The van der Waals surface area contributed by atoms with Crippen LogP contribution in [0, 0.1) is 0 Å². The van der Waals surface area contributed by atoms with Gasteiger partial charge in [-0.1, -0.05) is 6.92 Å². The topological polar surface area (TPSA) is 48.0 Å². The van der Waals surface area contributed by atoms with E-state index in [9.17, 15) is 4.79 Å². The van der Waals surface area contributed by atoms with Gasteiger partial charge in [-0.05, 0) is 44.3 Å². The Balaban J connectivity index is 2.27. The van der Waals surface area contributed by atoms with E-state index in [1.807, 2.05) is 14.0 Å². The first-order valence-electron chi connectivity index (χ1n) is 5.51. The van der Waals surface area contributed by atoms with Crippen LogP contribution in [0.5, 0.6) is 0 Å². The molecule has 6 heteroatoms. The van der Waals surface area contributed by atoms with Crippen molar-refractivity contribution in [2.24, 2.45) is 7.05 Å². The van der Waals surface area contributed by atoms with Crippen LogP contribution >= 0.6 is 31.9 Å². The smallest absolute Gasteiger partial charge is 0.179 e. The van der Waals surface area contributed by atoms with Crippen LogP contribution in [0.3, 0.4) is 0 Å². The maximum absolute atomic E-state index is 12.1. The van der Waals surface area contributed by atoms with E-state index in [1.54, 1.807) is 10.7 Å². The lowest BCUT2D eigenvalue weighted by atomic mass is 10.1. The molecule has 0 bridgehead atoms. The van der Waals surface area contributed by atoms with Crippen molar-refractivity contribution in [2.75, 3.05) is 0 Å². The number of hydrogen-bond acceptors (Lipinski definition) is 3. The minimum Gasteiger partial charge on any atom is -0.457 e. The first-order chi connectivity index (χ1) is 8.54. The standard InChI is InChI=1S/C12H12Br2N2O2/c1-3-8-11(13)9(16(2)15-8)6-10(17)7-4-5-18-12(7)14/h4-5H,3,6H2,1-2H3. The van der Waals surface area contributed by atoms with Gasteiger partial charge in [0.05, 0.1) is 34.1 Å². The fourth-order valence-corrected chi connectivity index (χ4v) is 2.97. The van der Waals surface area contributed by atoms with Gasteiger partial charge >= 0.3 is 0 Å². The van der Waals surface area contributed by atoms with Crippen molar-refractivity contribution >= 4 is 37.6 Å². The number of ketones is 1. The molecule has 2 rings (SSSR count). The first-order valence-corrected chi connectivity index (χ1v) is 7.09. The lowest BCUT2D eigenvalue weighted by Gasteiger charge is -2.01. The van der Waals surface area contributed by atoms with Crippen LogP contribution in [-0.4, -0.2) is 15.6 Å². The number of Topliss-reactive ketones (excluding diaryl/α,β-unsaturated/α-hetero) is 1. The Hall–Kier alpha value is -0.880. The summed E-state index contributed by atoms with van der Waals surface area (Å²) < 4.78 is 8.21. The average molecular weight is 376 g/mol. The predicted octanol–water partition coefficient (Wildman–Crippen LogP) is 3.53. The highest BCUT2D eigenvalue weighted by atomic mass is 79.9. The first kappa shape index (κ1) is 13.5. The second-order valence-electron chi connectivity index (χ2n) is 3.89. The number of furan rings is 1. The molecule has 0 radical (unpaired) electrons. The molecule has 0 saturated heterocycles. The van der Waals surface area contributed by atoms with Crippen LogP contribution < -0.4 is 0 Å². The van der Waals surface area contributed by atoms with E-state index < -0.39 is 0 Å². The molecule has 0 fully saturated rings. The molecule has 0 N–H and O–H groups in total. The molecule has 0 aliphatic carbocycles. The highest BCUT2D eigenvalue weighted by molar-refractivity contribution is 9.10. The molecule has 0 aliphatic rings. The van der Waals surface area contributed by atoms with Crippen molar-refractivity contribution in [3.63, 3.8) is 0 Å². The summed E-state index contributed by atoms with van der Waals surface area (Å²) >= 11 is 6.72. The van der Waals surface area contributed by atoms with Gasteiger partial charge in [0.2, 0.25) is 0 Å². The van der Waals surface area contributed by atoms with E-state index >= 15 is 0 Å². The monoisotopic (exact) mass is 374 g/mol. The molecule has 0 aliphatic heterocycles. The predicted molar refractivity (Wildman–Crippen MR) is 74.7 cm³/mol. The number of halogens is 2. The fourth-order valence-electron chi connectivity index (χ4n) is 1.75. The highest BCUT2D eigenvalue weighted by Gasteiger charge is 2.19. The van der Waals surface area contributed by atoms with Gasteiger partial charge in [0.15, 0.2) is 10.5 Å². The quantitative estimate of drug-likeness (QED) is 0.768. The van der Waals surface area contributed by atoms with Crippen LogP contribution in [-0.2, 0) is 19.9 Å². The maximum atomic E-state index is 12.1. The van der Waals surface area contributed by atoms with Gasteiger partial charge in [-0.3, -0.25) is 9.48 Å². The molecule has 96 valence electrons. The summed E-state index contributed by atoms with van der Waals surface area (Å²) in [6.07, 6.45) is 2.62. The SMILES string of the molecule is CCc1nn(C)c(CC(=O)c2ccoc2Br)c1Br. The van der Waals surface area contributed by atoms with Crippen molar-refractivity contribution in [3.8, 4) is 0 Å². The maximum Gasteiger partial charge on any atom is 0.179 e. The van der Waals surface area contributed by atoms with Gasteiger partial charge in [0.1, 0.15) is 0 Å². The largest absolute Gasteiger partial charge is 0.457 e. The highest BCUT2D eigenvalue weighted by Crippen LogP contribution is 2.25. The van der Waals surface area contributed by atoms with Crippen molar-refractivity contribution in [2.45, 2.75) is 19.8 Å². The van der Waals surface area contributed by atoms with Crippen LogP contribution in [0.4, 0.5) is 0 Å². The average Bonchev–Trinajstić information content (AvgIpc) is 2.87. The summed E-state index contributed by atoms with van der Waals surface area (Å²) in [5, 5.41) is 4.37. The molecule has 0 saturated carbocycles. The van der Waals surface area contributed by atoms with Crippen LogP contribution in [0.1, 0.15) is 28.7 Å². The molecular formula is C12H12Br2N2O2. The van der Waals surface area contributed by atoms with Gasteiger partial charge in [-0.15, -0.1) is 0 Å². The summed E-state index contributed by atoms with van der Waals surface area (Å²) in [4.78, 5) is 12.1. The van der Waals surface area contributed by atoms with E-state index in [0.29, 0.717) is 16.7 Å². The Kier molecular flexibility index (Phi) is 4.07. The van der Waals surface area contributed by atoms with Crippen molar-refractivity contribution in [1.82, 2.24) is 9.78 Å². The van der Waals surface area contributed by atoms with Gasteiger partial charge in [0.25, 0.3) is 0 Å². The molecule has 2 aromatic heterocycles. The van der Waals surface area contributed by atoms with E-state index in [1.165, 1.54) is 6.26 Å². The zero-order valence-corrected chi connectivity index (χ0v) is 13.2.